The number of allylic oxidation sites excluding steroid dienone is 1. The second-order valence-corrected chi connectivity index (χ2v) is 7.72. The molecule has 0 spiro atoms. The number of aromatic nitrogens is 1. The van der Waals surface area contributed by atoms with E-state index in [2.05, 4.69) is 15.3 Å². The third-order valence-electron chi connectivity index (χ3n) is 5.48. The Bertz CT molecular complexity index is 1190. The minimum atomic E-state index is -0.526. The molecule has 1 aliphatic rings. The highest BCUT2D eigenvalue weighted by molar-refractivity contribution is 6.21. The number of carbonyl (C=O) groups excluding carboxylic acids is 1. The lowest BCUT2D eigenvalue weighted by atomic mass is 9.98. The van der Waals surface area contributed by atoms with Gasteiger partial charge in [0.25, 0.3) is 5.91 Å². The first-order valence-corrected chi connectivity index (χ1v) is 10.7. The fourth-order valence-electron chi connectivity index (χ4n) is 3.82. The van der Waals surface area contributed by atoms with Crippen LogP contribution in [0.3, 0.4) is 0 Å². The van der Waals surface area contributed by atoms with Crippen molar-refractivity contribution >= 4 is 17.2 Å². The van der Waals surface area contributed by atoms with Gasteiger partial charge >= 0.3 is 0 Å². The van der Waals surface area contributed by atoms with E-state index >= 15 is 4.39 Å². The summed E-state index contributed by atoms with van der Waals surface area (Å²) in [6.07, 6.45) is 2.49. The molecule has 0 radical (unpaired) electrons. The van der Waals surface area contributed by atoms with Gasteiger partial charge in [0.15, 0.2) is 5.83 Å². The molecule has 1 amide bonds. The van der Waals surface area contributed by atoms with E-state index in [4.69, 9.17) is 0 Å². The highest BCUT2D eigenvalue weighted by Crippen LogP contribution is 2.30. The predicted molar refractivity (Wildman–Crippen MR) is 123 cm³/mol. The molecule has 0 saturated carbocycles. The average molecular weight is 447 g/mol. The topological polar surface area (TPSA) is 74.6 Å². The first kappa shape index (κ1) is 22.5. The quantitative estimate of drug-likeness (QED) is 0.545. The van der Waals surface area contributed by atoms with Crippen LogP contribution in [-0.2, 0) is 6.42 Å². The van der Waals surface area contributed by atoms with Gasteiger partial charge in [-0.1, -0.05) is 36.4 Å². The van der Waals surface area contributed by atoms with E-state index in [-0.39, 0.29) is 36.4 Å². The van der Waals surface area contributed by atoms with Crippen molar-refractivity contribution in [1.29, 1.82) is 0 Å². The van der Waals surface area contributed by atoms with Crippen LogP contribution in [0.15, 0.2) is 83.7 Å². The van der Waals surface area contributed by atoms with Crippen molar-refractivity contribution in [3.63, 3.8) is 0 Å². The number of pyridine rings is 1. The fourth-order valence-corrected chi connectivity index (χ4v) is 3.82. The average Bonchev–Trinajstić information content (AvgIpc) is 3.21. The lowest BCUT2D eigenvalue weighted by Crippen LogP contribution is -2.38. The highest BCUT2D eigenvalue weighted by Gasteiger charge is 2.26. The zero-order valence-electron chi connectivity index (χ0n) is 17.8. The van der Waals surface area contributed by atoms with E-state index in [9.17, 15) is 14.3 Å². The number of aliphatic imine (C=N–C) groups is 1. The summed E-state index contributed by atoms with van der Waals surface area (Å²) in [6, 6.07) is 17.5. The molecule has 2 aromatic carbocycles. The smallest absolute Gasteiger partial charge is 0.252 e. The van der Waals surface area contributed by atoms with Crippen molar-refractivity contribution in [2.24, 2.45) is 4.99 Å². The highest BCUT2D eigenvalue weighted by atomic mass is 19.1. The number of hydrogen-bond donors (Lipinski definition) is 2. The number of aliphatic hydroxyl groups is 1. The van der Waals surface area contributed by atoms with Gasteiger partial charge in [0.2, 0.25) is 0 Å². The molecule has 0 aliphatic carbocycles. The van der Waals surface area contributed by atoms with Gasteiger partial charge in [0.1, 0.15) is 11.5 Å². The van der Waals surface area contributed by atoms with Crippen LogP contribution in [0.1, 0.15) is 33.6 Å². The van der Waals surface area contributed by atoms with Crippen molar-refractivity contribution < 1.29 is 18.7 Å². The Kier molecular flexibility index (Phi) is 7.00. The number of carbonyl (C=O) groups is 1. The molecule has 1 aromatic heterocycles. The van der Waals surface area contributed by atoms with Gasteiger partial charge < -0.3 is 10.4 Å². The van der Waals surface area contributed by atoms with Crippen LogP contribution in [-0.4, -0.2) is 40.9 Å². The second kappa shape index (κ2) is 10.3. The van der Waals surface area contributed by atoms with E-state index in [0.29, 0.717) is 29.5 Å². The van der Waals surface area contributed by atoms with Crippen molar-refractivity contribution in [2.75, 3.05) is 13.2 Å². The van der Waals surface area contributed by atoms with Crippen molar-refractivity contribution in [3.8, 4) is 0 Å². The van der Waals surface area contributed by atoms with E-state index in [0.717, 1.165) is 5.69 Å². The van der Waals surface area contributed by atoms with Crippen LogP contribution in [0.2, 0.25) is 0 Å². The number of benzene rings is 2. The summed E-state index contributed by atoms with van der Waals surface area (Å²) in [5.74, 6) is -1.31. The summed E-state index contributed by atoms with van der Waals surface area (Å²) >= 11 is 0. The lowest BCUT2D eigenvalue weighted by molar-refractivity contribution is 0.0930. The summed E-state index contributed by atoms with van der Waals surface area (Å²) in [4.78, 5) is 21.8. The first-order chi connectivity index (χ1) is 16.1. The standard InChI is InChI=1S/C26H23F2N3O2/c27-18-10-8-17(9-11-18)23-16-30-25(24(23)28)21-6-1-2-7-22(21)26(33)31-20(12-14-32)15-19-5-3-4-13-29-19/h1-11,13,20,32H,12,14-16H2,(H,31,33)/t20-/m0/s1. The van der Waals surface area contributed by atoms with Crippen LogP contribution < -0.4 is 5.32 Å². The Hall–Kier alpha value is -3.71. The van der Waals surface area contributed by atoms with E-state index in [1.165, 1.54) is 24.3 Å². The monoisotopic (exact) mass is 447 g/mol. The lowest BCUT2D eigenvalue weighted by Gasteiger charge is -2.19. The van der Waals surface area contributed by atoms with Crippen LogP contribution >= 0.6 is 0 Å². The Morgan fingerprint density at radius 3 is 2.52 bits per heavy atom. The third-order valence-corrected chi connectivity index (χ3v) is 5.48. The van der Waals surface area contributed by atoms with Crippen molar-refractivity contribution in [2.45, 2.75) is 18.9 Å². The molecule has 7 heteroatoms. The maximum absolute atomic E-state index is 15.3. The fraction of sp³-hybridized carbons (Fsp3) is 0.192. The molecule has 1 atom stereocenters. The zero-order valence-corrected chi connectivity index (χ0v) is 17.8. The number of aliphatic hydroxyl groups excluding tert-OH is 1. The summed E-state index contributed by atoms with van der Waals surface area (Å²) in [7, 11) is 0. The number of hydrogen-bond acceptors (Lipinski definition) is 4. The predicted octanol–water partition coefficient (Wildman–Crippen LogP) is 4.13. The Balaban J connectivity index is 1.58. The molecule has 5 nitrogen and oxygen atoms in total. The molecule has 2 N–H and O–H groups in total. The van der Waals surface area contributed by atoms with Gasteiger partial charge in [-0.2, -0.15) is 0 Å². The number of amides is 1. The van der Waals surface area contributed by atoms with Gasteiger partial charge in [-0.3, -0.25) is 14.8 Å². The number of halogens is 2. The molecule has 3 aromatic rings. The van der Waals surface area contributed by atoms with Gasteiger partial charge in [-0.25, -0.2) is 8.78 Å². The Morgan fingerprint density at radius 2 is 1.79 bits per heavy atom. The third kappa shape index (κ3) is 5.21. The molecule has 2 heterocycles. The SMILES string of the molecule is O=C(N[C@@H](CCO)Cc1ccccn1)c1ccccc1C1=NCC(c2ccc(F)cc2)=C1F. The van der Waals surface area contributed by atoms with E-state index in [1.807, 2.05) is 18.2 Å². The minimum absolute atomic E-state index is 0.0927. The van der Waals surface area contributed by atoms with Crippen molar-refractivity contribution in [3.05, 3.63) is 107 Å². The second-order valence-electron chi connectivity index (χ2n) is 7.72. The van der Waals surface area contributed by atoms with Crippen LogP contribution in [0.25, 0.3) is 5.57 Å². The normalized spacial score (nSPS) is 14.2. The van der Waals surface area contributed by atoms with Crippen LogP contribution in [0.5, 0.6) is 0 Å². The molecule has 4 rings (SSSR count). The van der Waals surface area contributed by atoms with Gasteiger partial charge in [-0.05, 0) is 42.3 Å². The summed E-state index contributed by atoms with van der Waals surface area (Å²) in [5, 5.41) is 12.4. The summed E-state index contributed by atoms with van der Waals surface area (Å²) in [5.41, 5.74) is 2.47. The maximum Gasteiger partial charge on any atom is 0.252 e. The molecule has 1 aliphatic heterocycles. The van der Waals surface area contributed by atoms with E-state index < -0.39 is 11.6 Å². The summed E-state index contributed by atoms with van der Waals surface area (Å²) in [6.45, 7) is 0.0140. The minimum Gasteiger partial charge on any atom is -0.396 e. The molecule has 0 bridgehead atoms. The number of nitrogens with zero attached hydrogens (tertiary/aromatic N) is 2. The maximum atomic E-state index is 15.3. The van der Waals surface area contributed by atoms with Crippen molar-refractivity contribution in [1.82, 2.24) is 10.3 Å². The number of rotatable bonds is 8. The van der Waals surface area contributed by atoms with Crippen LogP contribution in [0, 0.1) is 5.82 Å². The zero-order chi connectivity index (χ0) is 23.2. The molecule has 168 valence electrons. The molecular weight excluding hydrogens is 424 g/mol. The Morgan fingerprint density at radius 1 is 1.03 bits per heavy atom. The largest absolute Gasteiger partial charge is 0.396 e. The molecule has 33 heavy (non-hydrogen) atoms. The number of nitrogens with one attached hydrogen (secondary N) is 1. The van der Waals surface area contributed by atoms with Gasteiger partial charge in [0, 0.05) is 47.7 Å². The van der Waals surface area contributed by atoms with Crippen LogP contribution in [0.4, 0.5) is 8.78 Å². The molecule has 0 saturated heterocycles. The van der Waals surface area contributed by atoms with E-state index in [1.54, 1.807) is 30.5 Å². The molecular formula is C26H23F2N3O2. The summed E-state index contributed by atoms with van der Waals surface area (Å²) < 4.78 is 28.6. The Labute approximate surface area is 190 Å². The van der Waals surface area contributed by atoms with Gasteiger partial charge in [-0.15, -0.1) is 0 Å². The molecule has 0 fully saturated rings. The molecule has 0 unspecified atom stereocenters. The van der Waals surface area contributed by atoms with Gasteiger partial charge in [0.05, 0.1) is 6.54 Å². The first-order valence-electron chi connectivity index (χ1n) is 10.7.